The number of amides is 1. The minimum absolute atomic E-state index is 0.109. The van der Waals surface area contributed by atoms with Crippen molar-refractivity contribution in [1.82, 2.24) is 9.78 Å². The molecule has 0 spiro atoms. The maximum atomic E-state index is 11.9. The number of fused-ring (bicyclic) bond motifs is 3. The molecule has 3 rings (SSSR count). The molecule has 1 aromatic carbocycles. The van der Waals surface area contributed by atoms with Crippen LogP contribution in [0.25, 0.3) is 5.69 Å². The third kappa shape index (κ3) is 2.16. The number of aromatic amines is 1. The number of H-pyrrole nitrogens is 1. The Hall–Kier alpha value is -2.70. The van der Waals surface area contributed by atoms with Crippen molar-refractivity contribution >= 4 is 17.6 Å². The summed E-state index contributed by atoms with van der Waals surface area (Å²) in [4.78, 5) is 23.7. The van der Waals surface area contributed by atoms with Crippen molar-refractivity contribution in [3.8, 4) is 11.4 Å². The number of methoxy groups -OCH3 is 1. The van der Waals surface area contributed by atoms with Crippen molar-refractivity contribution in [3.63, 3.8) is 0 Å². The number of anilines is 1. The fourth-order valence-corrected chi connectivity index (χ4v) is 2.32. The van der Waals surface area contributed by atoms with E-state index in [0.717, 1.165) is 5.69 Å². The molecule has 2 heterocycles. The summed E-state index contributed by atoms with van der Waals surface area (Å²) >= 11 is 0. The van der Waals surface area contributed by atoms with Crippen LogP contribution in [0.15, 0.2) is 18.2 Å². The van der Waals surface area contributed by atoms with Crippen LogP contribution >= 0.6 is 0 Å². The zero-order valence-corrected chi connectivity index (χ0v) is 11.7. The van der Waals surface area contributed by atoms with Gasteiger partial charge in [-0.15, -0.1) is 0 Å². The van der Waals surface area contributed by atoms with Crippen LogP contribution in [0.3, 0.4) is 0 Å². The van der Waals surface area contributed by atoms with Gasteiger partial charge in [0.25, 0.3) is 0 Å². The van der Waals surface area contributed by atoms with Crippen LogP contribution in [-0.4, -0.2) is 35.4 Å². The third-order valence-electron chi connectivity index (χ3n) is 3.31. The van der Waals surface area contributed by atoms with Gasteiger partial charge < -0.3 is 14.8 Å². The first-order chi connectivity index (χ1) is 10.1. The Morgan fingerprint density at radius 2 is 2.24 bits per heavy atom. The van der Waals surface area contributed by atoms with E-state index in [-0.39, 0.29) is 18.9 Å². The average Bonchev–Trinajstić information content (AvgIpc) is 2.54. The Bertz CT molecular complexity index is 714. The first-order valence-electron chi connectivity index (χ1n) is 6.59. The number of esters is 1. The molecule has 0 saturated heterocycles. The standard InChI is InChI=1S/C14H15N3O4/c1-3-21-14(19)13-11-7-12(18)15-9-5-4-8(20-2)6-10(9)17(11)16-13/h4-6,16H,3,7H2,1-2H3,(H,15,18). The van der Waals surface area contributed by atoms with Gasteiger partial charge in [0.15, 0.2) is 5.69 Å². The van der Waals surface area contributed by atoms with E-state index < -0.39 is 5.97 Å². The molecule has 0 fully saturated rings. The Morgan fingerprint density at radius 3 is 2.95 bits per heavy atom. The number of hydrogen-bond acceptors (Lipinski definition) is 4. The Balaban J connectivity index is 2.07. The predicted octanol–water partition coefficient (Wildman–Crippen LogP) is 1.49. The smallest absolute Gasteiger partial charge is 0.358 e. The van der Waals surface area contributed by atoms with Gasteiger partial charge >= 0.3 is 5.97 Å². The summed E-state index contributed by atoms with van der Waals surface area (Å²) in [5.74, 6) is 0.0285. The van der Waals surface area contributed by atoms with Gasteiger partial charge in [-0.2, -0.15) is 0 Å². The first kappa shape index (κ1) is 13.3. The molecule has 0 saturated carbocycles. The molecule has 0 aliphatic carbocycles. The fourth-order valence-electron chi connectivity index (χ4n) is 2.32. The van der Waals surface area contributed by atoms with Crippen LogP contribution < -0.4 is 10.1 Å². The molecule has 1 aliphatic rings. The van der Waals surface area contributed by atoms with Crippen LogP contribution in [0, 0.1) is 0 Å². The number of benzene rings is 1. The Morgan fingerprint density at radius 1 is 1.43 bits per heavy atom. The second kappa shape index (κ2) is 5.01. The lowest BCUT2D eigenvalue weighted by atomic mass is 10.2. The van der Waals surface area contributed by atoms with E-state index >= 15 is 0 Å². The van der Waals surface area contributed by atoms with Crippen LogP contribution in [0.2, 0.25) is 0 Å². The van der Waals surface area contributed by atoms with Crippen LogP contribution in [0.4, 0.5) is 5.69 Å². The number of nitrogens with one attached hydrogen (secondary N) is 2. The number of rotatable bonds is 3. The lowest BCUT2D eigenvalue weighted by Crippen LogP contribution is -2.26. The van der Waals surface area contributed by atoms with E-state index in [1.807, 2.05) is 0 Å². The third-order valence-corrected chi connectivity index (χ3v) is 3.31. The number of nitrogens with zero attached hydrogens (tertiary/aromatic N) is 1. The van der Waals surface area contributed by atoms with Crippen molar-refractivity contribution in [2.45, 2.75) is 13.3 Å². The summed E-state index contributed by atoms with van der Waals surface area (Å²) in [6.45, 7) is 2.02. The molecule has 0 unspecified atom stereocenters. The van der Waals surface area contributed by atoms with E-state index in [4.69, 9.17) is 9.47 Å². The molecule has 21 heavy (non-hydrogen) atoms. The molecule has 1 aliphatic heterocycles. The fraction of sp³-hybridized carbons (Fsp3) is 0.286. The Labute approximate surface area is 120 Å². The summed E-state index contributed by atoms with van der Waals surface area (Å²) in [5, 5.41) is 5.73. The van der Waals surface area contributed by atoms with Crippen LogP contribution in [0.5, 0.6) is 5.75 Å². The summed E-state index contributed by atoms with van der Waals surface area (Å²) in [5.41, 5.74) is 2.30. The van der Waals surface area contributed by atoms with Gasteiger partial charge in [0.05, 0.1) is 37.2 Å². The van der Waals surface area contributed by atoms with Gasteiger partial charge in [-0.1, -0.05) is 0 Å². The molecule has 7 heteroatoms. The first-order valence-corrected chi connectivity index (χ1v) is 6.59. The topological polar surface area (TPSA) is 85.4 Å². The molecule has 2 aromatic rings. The van der Waals surface area contributed by atoms with E-state index in [1.165, 1.54) is 0 Å². The number of carbonyl (C=O) groups is 2. The summed E-state index contributed by atoms with van der Waals surface area (Å²) < 4.78 is 11.9. The van der Waals surface area contributed by atoms with E-state index in [2.05, 4.69) is 10.4 Å². The lowest BCUT2D eigenvalue weighted by Gasteiger charge is -2.21. The maximum absolute atomic E-state index is 11.9. The van der Waals surface area contributed by atoms with E-state index in [0.29, 0.717) is 22.8 Å². The highest BCUT2D eigenvalue weighted by molar-refractivity contribution is 5.99. The highest BCUT2D eigenvalue weighted by Gasteiger charge is 2.28. The zero-order chi connectivity index (χ0) is 15.0. The molecule has 7 nitrogen and oxygen atoms in total. The minimum atomic E-state index is -0.456. The Kier molecular flexibility index (Phi) is 3.17. The monoisotopic (exact) mass is 289 g/mol. The minimum Gasteiger partial charge on any atom is -0.497 e. The van der Waals surface area contributed by atoms with E-state index in [1.54, 1.807) is 36.9 Å². The molecule has 0 radical (unpaired) electrons. The SMILES string of the molecule is CCOC(=O)c1[nH]n2c1CC(=O)Nc1ccc(OC)cc1-2. The quantitative estimate of drug-likeness (QED) is 0.838. The van der Waals surface area contributed by atoms with Crippen LogP contribution in [0.1, 0.15) is 23.1 Å². The number of ether oxygens (including phenoxy) is 2. The van der Waals surface area contributed by atoms with Gasteiger partial charge in [-0.25, -0.2) is 4.79 Å². The average molecular weight is 289 g/mol. The van der Waals surface area contributed by atoms with Gasteiger partial charge in [0.1, 0.15) is 5.75 Å². The van der Waals surface area contributed by atoms with Crippen molar-refractivity contribution in [3.05, 3.63) is 29.6 Å². The molecule has 110 valence electrons. The van der Waals surface area contributed by atoms with Crippen molar-refractivity contribution < 1.29 is 19.1 Å². The molecule has 1 aromatic heterocycles. The lowest BCUT2D eigenvalue weighted by molar-refractivity contribution is -0.115. The molecule has 1 amide bonds. The highest BCUT2D eigenvalue weighted by Crippen LogP contribution is 2.31. The molecular weight excluding hydrogens is 274 g/mol. The second-order valence-corrected chi connectivity index (χ2v) is 4.60. The molecular formula is C14H15N3O4. The number of aromatic nitrogens is 2. The molecule has 0 atom stereocenters. The molecule has 0 bridgehead atoms. The second-order valence-electron chi connectivity index (χ2n) is 4.60. The van der Waals surface area contributed by atoms with E-state index in [9.17, 15) is 9.59 Å². The summed E-state index contributed by atoms with van der Waals surface area (Å²) in [6, 6.07) is 5.31. The predicted molar refractivity (Wildman–Crippen MR) is 75.0 cm³/mol. The highest BCUT2D eigenvalue weighted by atomic mass is 16.5. The van der Waals surface area contributed by atoms with Crippen LogP contribution in [-0.2, 0) is 16.0 Å². The normalized spacial score (nSPS) is 13.0. The van der Waals surface area contributed by atoms with Crippen molar-refractivity contribution in [2.24, 2.45) is 0 Å². The van der Waals surface area contributed by atoms with Crippen molar-refractivity contribution in [2.75, 3.05) is 19.0 Å². The number of hydrogen-bond donors (Lipinski definition) is 2. The van der Waals surface area contributed by atoms with Gasteiger partial charge in [0, 0.05) is 6.07 Å². The molecule has 2 N–H and O–H groups in total. The van der Waals surface area contributed by atoms with Crippen molar-refractivity contribution in [1.29, 1.82) is 0 Å². The summed E-state index contributed by atoms with van der Waals surface area (Å²) in [6.07, 6.45) is 0.109. The van der Waals surface area contributed by atoms with Gasteiger partial charge in [0.2, 0.25) is 5.91 Å². The largest absolute Gasteiger partial charge is 0.497 e. The van der Waals surface area contributed by atoms with Gasteiger partial charge in [-0.05, 0) is 19.1 Å². The number of carbonyl (C=O) groups excluding carboxylic acids is 2. The maximum Gasteiger partial charge on any atom is 0.358 e. The van der Waals surface area contributed by atoms with Gasteiger partial charge in [-0.3, -0.25) is 14.6 Å². The zero-order valence-electron chi connectivity index (χ0n) is 11.7. The summed E-state index contributed by atoms with van der Waals surface area (Å²) in [7, 11) is 1.57.